The molecule has 1 amide bonds. The number of nitrogens with zero attached hydrogens (tertiary/aromatic N) is 1. The van der Waals surface area contributed by atoms with E-state index in [4.69, 9.17) is 0 Å². The van der Waals surface area contributed by atoms with Crippen molar-refractivity contribution in [1.29, 1.82) is 0 Å². The van der Waals surface area contributed by atoms with Crippen molar-refractivity contribution in [2.75, 3.05) is 15.9 Å². The summed E-state index contributed by atoms with van der Waals surface area (Å²) in [6.07, 6.45) is 1.50. The standard InChI is InChI=1S/C21H28N2O3S/c1-7-18(21(24)22-20-16(4)9-8-10-17(20)5)23(27(6,25)26)19-13-14(2)11-12-15(19)3/h8-13,18H,7H2,1-6H3,(H,22,24)/t18-/m0/s1. The second kappa shape index (κ2) is 8.13. The molecule has 0 heterocycles. The van der Waals surface area contributed by atoms with Gasteiger partial charge in [-0.2, -0.15) is 0 Å². The predicted molar refractivity (Wildman–Crippen MR) is 112 cm³/mol. The number of rotatable bonds is 6. The Balaban J connectivity index is 2.50. The first-order valence-corrected chi connectivity index (χ1v) is 10.8. The average molecular weight is 389 g/mol. The second-order valence-electron chi connectivity index (χ2n) is 7.03. The fourth-order valence-corrected chi connectivity index (χ4v) is 4.47. The predicted octanol–water partition coefficient (Wildman–Crippen LogP) is 4.10. The summed E-state index contributed by atoms with van der Waals surface area (Å²) in [5.41, 5.74) is 4.90. The summed E-state index contributed by atoms with van der Waals surface area (Å²) in [7, 11) is -3.65. The number of hydrogen-bond acceptors (Lipinski definition) is 3. The summed E-state index contributed by atoms with van der Waals surface area (Å²) < 4.78 is 26.5. The molecule has 0 saturated heterocycles. The number of carbonyl (C=O) groups excluding carboxylic acids is 1. The Morgan fingerprint density at radius 3 is 2.15 bits per heavy atom. The Bertz CT molecular complexity index is 932. The first-order valence-electron chi connectivity index (χ1n) is 9.00. The molecule has 27 heavy (non-hydrogen) atoms. The van der Waals surface area contributed by atoms with Crippen LogP contribution < -0.4 is 9.62 Å². The van der Waals surface area contributed by atoms with Gasteiger partial charge in [0.1, 0.15) is 6.04 Å². The zero-order valence-corrected chi connectivity index (χ0v) is 17.6. The summed E-state index contributed by atoms with van der Waals surface area (Å²) in [5.74, 6) is -0.332. The van der Waals surface area contributed by atoms with Crippen molar-refractivity contribution in [3.8, 4) is 0 Å². The van der Waals surface area contributed by atoms with Gasteiger partial charge in [0, 0.05) is 5.69 Å². The molecule has 0 aliphatic carbocycles. The Labute approximate surface area is 162 Å². The van der Waals surface area contributed by atoms with E-state index in [1.165, 1.54) is 4.31 Å². The van der Waals surface area contributed by atoms with Crippen molar-refractivity contribution >= 4 is 27.3 Å². The SMILES string of the molecule is CC[C@@H](C(=O)Nc1c(C)cccc1C)N(c1cc(C)ccc1C)S(C)(=O)=O. The molecule has 6 heteroatoms. The smallest absolute Gasteiger partial charge is 0.248 e. The van der Waals surface area contributed by atoms with Crippen LogP contribution >= 0.6 is 0 Å². The van der Waals surface area contributed by atoms with Crippen LogP contribution in [0.15, 0.2) is 36.4 Å². The molecule has 0 spiro atoms. The van der Waals surface area contributed by atoms with Gasteiger partial charge in [-0.1, -0.05) is 37.3 Å². The van der Waals surface area contributed by atoms with Crippen molar-refractivity contribution in [3.63, 3.8) is 0 Å². The van der Waals surface area contributed by atoms with E-state index in [0.29, 0.717) is 12.1 Å². The molecule has 0 unspecified atom stereocenters. The maximum absolute atomic E-state index is 13.1. The Kier molecular flexibility index (Phi) is 6.31. The third kappa shape index (κ3) is 4.69. The van der Waals surface area contributed by atoms with Crippen LogP contribution in [0.2, 0.25) is 0 Å². The highest BCUT2D eigenvalue weighted by Crippen LogP contribution is 2.28. The quantitative estimate of drug-likeness (QED) is 0.810. The fourth-order valence-electron chi connectivity index (χ4n) is 3.21. The van der Waals surface area contributed by atoms with Gasteiger partial charge in [0.15, 0.2) is 0 Å². The van der Waals surface area contributed by atoms with E-state index in [1.54, 1.807) is 0 Å². The van der Waals surface area contributed by atoms with Crippen LogP contribution in [0.3, 0.4) is 0 Å². The third-order valence-corrected chi connectivity index (χ3v) is 5.83. The molecule has 2 aromatic rings. The fraction of sp³-hybridized carbons (Fsp3) is 0.381. The maximum atomic E-state index is 13.1. The minimum absolute atomic E-state index is 0.332. The van der Waals surface area contributed by atoms with Crippen LogP contribution in [0, 0.1) is 27.7 Å². The van der Waals surface area contributed by atoms with E-state index in [9.17, 15) is 13.2 Å². The minimum Gasteiger partial charge on any atom is -0.324 e. The number of para-hydroxylation sites is 1. The molecule has 0 saturated carbocycles. The highest BCUT2D eigenvalue weighted by atomic mass is 32.2. The molecule has 146 valence electrons. The van der Waals surface area contributed by atoms with E-state index in [2.05, 4.69) is 5.32 Å². The molecule has 0 aliphatic rings. The van der Waals surface area contributed by atoms with E-state index in [1.807, 2.05) is 71.0 Å². The van der Waals surface area contributed by atoms with Crippen LogP contribution in [0.1, 0.15) is 35.6 Å². The highest BCUT2D eigenvalue weighted by Gasteiger charge is 2.32. The van der Waals surface area contributed by atoms with Gasteiger partial charge in [0.25, 0.3) is 0 Å². The lowest BCUT2D eigenvalue weighted by Gasteiger charge is -2.31. The van der Waals surface area contributed by atoms with Gasteiger partial charge < -0.3 is 5.32 Å². The number of amides is 1. The molecular weight excluding hydrogens is 360 g/mol. The molecule has 1 atom stereocenters. The molecule has 0 aliphatic heterocycles. The highest BCUT2D eigenvalue weighted by molar-refractivity contribution is 7.92. The summed E-state index contributed by atoms with van der Waals surface area (Å²) in [5, 5.41) is 2.94. The average Bonchev–Trinajstić information content (AvgIpc) is 2.57. The number of nitrogens with one attached hydrogen (secondary N) is 1. The molecular formula is C21H28N2O3S. The summed E-state index contributed by atoms with van der Waals surface area (Å²) in [4.78, 5) is 13.1. The zero-order valence-electron chi connectivity index (χ0n) is 16.8. The van der Waals surface area contributed by atoms with E-state index in [-0.39, 0.29) is 5.91 Å². The number of benzene rings is 2. The van der Waals surface area contributed by atoms with Gasteiger partial charge in [-0.3, -0.25) is 9.10 Å². The third-order valence-electron chi connectivity index (χ3n) is 4.66. The number of sulfonamides is 1. The molecule has 0 aromatic heterocycles. The van der Waals surface area contributed by atoms with Gasteiger partial charge in [0.2, 0.25) is 15.9 Å². The maximum Gasteiger partial charge on any atom is 0.248 e. The van der Waals surface area contributed by atoms with Crippen LogP contribution in [-0.2, 0) is 14.8 Å². The number of carbonyl (C=O) groups is 1. The monoisotopic (exact) mass is 388 g/mol. The molecule has 0 radical (unpaired) electrons. The summed E-state index contributed by atoms with van der Waals surface area (Å²) in [6, 6.07) is 10.5. The van der Waals surface area contributed by atoms with Gasteiger partial charge in [-0.05, 0) is 62.4 Å². The number of anilines is 2. The normalized spacial score (nSPS) is 12.5. The number of hydrogen-bond donors (Lipinski definition) is 1. The summed E-state index contributed by atoms with van der Waals surface area (Å²) >= 11 is 0. The van der Waals surface area contributed by atoms with E-state index in [0.717, 1.165) is 34.2 Å². The first kappa shape index (κ1) is 21.0. The molecule has 0 bridgehead atoms. The van der Waals surface area contributed by atoms with Crippen LogP contribution in [-0.4, -0.2) is 26.6 Å². The lowest BCUT2D eigenvalue weighted by molar-refractivity contribution is -0.117. The lowest BCUT2D eigenvalue weighted by Crippen LogP contribution is -2.47. The number of aryl methyl sites for hydroxylation is 4. The topological polar surface area (TPSA) is 66.5 Å². The largest absolute Gasteiger partial charge is 0.324 e. The first-order chi connectivity index (χ1) is 12.6. The van der Waals surface area contributed by atoms with Crippen molar-refractivity contribution in [2.45, 2.75) is 47.1 Å². The van der Waals surface area contributed by atoms with Crippen molar-refractivity contribution in [3.05, 3.63) is 58.7 Å². The van der Waals surface area contributed by atoms with Crippen LogP contribution in [0.5, 0.6) is 0 Å². The van der Waals surface area contributed by atoms with Gasteiger partial charge in [-0.15, -0.1) is 0 Å². The second-order valence-corrected chi connectivity index (χ2v) is 8.89. The van der Waals surface area contributed by atoms with Gasteiger partial charge in [-0.25, -0.2) is 8.42 Å². The summed E-state index contributed by atoms with van der Waals surface area (Å²) in [6.45, 7) is 9.41. The van der Waals surface area contributed by atoms with Gasteiger partial charge >= 0.3 is 0 Å². The van der Waals surface area contributed by atoms with E-state index >= 15 is 0 Å². The van der Waals surface area contributed by atoms with Crippen molar-refractivity contribution in [2.24, 2.45) is 0 Å². The molecule has 2 rings (SSSR count). The van der Waals surface area contributed by atoms with Crippen LogP contribution in [0.25, 0.3) is 0 Å². The molecule has 2 aromatic carbocycles. The van der Waals surface area contributed by atoms with Crippen molar-refractivity contribution in [1.82, 2.24) is 0 Å². The molecule has 1 N–H and O–H groups in total. The minimum atomic E-state index is -3.65. The zero-order chi connectivity index (χ0) is 20.4. The van der Waals surface area contributed by atoms with Crippen molar-refractivity contribution < 1.29 is 13.2 Å². The van der Waals surface area contributed by atoms with Crippen LogP contribution in [0.4, 0.5) is 11.4 Å². The molecule has 0 fully saturated rings. The van der Waals surface area contributed by atoms with E-state index < -0.39 is 16.1 Å². The van der Waals surface area contributed by atoms with Gasteiger partial charge in [0.05, 0.1) is 11.9 Å². The Hall–Kier alpha value is -2.34. The molecule has 5 nitrogen and oxygen atoms in total. The Morgan fingerprint density at radius 2 is 1.63 bits per heavy atom. The lowest BCUT2D eigenvalue weighted by atomic mass is 10.1. The Morgan fingerprint density at radius 1 is 1.04 bits per heavy atom.